The zero-order valence-corrected chi connectivity index (χ0v) is 14.2. The Labute approximate surface area is 145 Å². The molecule has 0 aliphatic carbocycles. The number of hydrogen-bond donors (Lipinski definition) is 1. The fourth-order valence-corrected chi connectivity index (χ4v) is 2.42. The van der Waals surface area contributed by atoms with Crippen molar-refractivity contribution < 1.29 is 27.8 Å². The second kappa shape index (κ2) is 8.65. The number of rotatable bonds is 8. The molecule has 0 bridgehead atoms. The van der Waals surface area contributed by atoms with E-state index in [-0.39, 0.29) is 29.2 Å². The summed E-state index contributed by atoms with van der Waals surface area (Å²) in [7, 11) is 0. The van der Waals surface area contributed by atoms with Crippen LogP contribution in [0.3, 0.4) is 0 Å². The van der Waals surface area contributed by atoms with Crippen LogP contribution in [0.4, 0.5) is 13.2 Å². The summed E-state index contributed by atoms with van der Waals surface area (Å²) >= 11 is 0. The number of aromatic hydroxyl groups is 1. The molecular formula is C19H21F3O3. The van der Waals surface area contributed by atoms with Crippen LogP contribution in [0.2, 0.25) is 0 Å². The third-order valence-corrected chi connectivity index (χ3v) is 3.72. The van der Waals surface area contributed by atoms with Crippen molar-refractivity contribution >= 4 is 0 Å². The SMILES string of the molecule is CCCCCOc1ccc(-c2ccc(OCC)c(F)c2F)c(O)c1F. The lowest BCUT2D eigenvalue weighted by Crippen LogP contribution is -2.01. The molecule has 2 aromatic carbocycles. The topological polar surface area (TPSA) is 38.7 Å². The van der Waals surface area contributed by atoms with Gasteiger partial charge in [-0.15, -0.1) is 0 Å². The van der Waals surface area contributed by atoms with Crippen LogP contribution in [0, 0.1) is 17.5 Å². The maximum absolute atomic E-state index is 14.3. The number of halogens is 3. The molecule has 3 nitrogen and oxygen atoms in total. The van der Waals surface area contributed by atoms with Gasteiger partial charge in [-0.3, -0.25) is 0 Å². The normalized spacial score (nSPS) is 10.8. The van der Waals surface area contributed by atoms with Crippen molar-refractivity contribution in [2.24, 2.45) is 0 Å². The molecule has 0 saturated carbocycles. The molecule has 0 radical (unpaired) electrons. The Bertz CT molecular complexity index is 732. The third-order valence-electron chi connectivity index (χ3n) is 3.72. The Kier molecular flexibility index (Phi) is 6.56. The van der Waals surface area contributed by atoms with E-state index in [1.165, 1.54) is 24.3 Å². The van der Waals surface area contributed by atoms with E-state index in [0.29, 0.717) is 6.61 Å². The van der Waals surface area contributed by atoms with Crippen LogP contribution < -0.4 is 9.47 Å². The standard InChI is InChI=1S/C19H21F3O3/c1-3-5-6-11-25-15-10-8-13(19(23)18(15)22)12-7-9-14(24-4-2)17(21)16(12)20/h7-10,23H,3-6,11H2,1-2H3. The molecule has 0 aliphatic rings. The van der Waals surface area contributed by atoms with Crippen molar-refractivity contribution in [2.45, 2.75) is 33.1 Å². The molecule has 136 valence electrons. The van der Waals surface area contributed by atoms with Crippen LogP contribution in [-0.2, 0) is 0 Å². The van der Waals surface area contributed by atoms with Gasteiger partial charge < -0.3 is 14.6 Å². The van der Waals surface area contributed by atoms with E-state index < -0.39 is 23.2 Å². The summed E-state index contributed by atoms with van der Waals surface area (Å²) in [6, 6.07) is 5.07. The van der Waals surface area contributed by atoms with Gasteiger partial charge in [0.05, 0.1) is 13.2 Å². The van der Waals surface area contributed by atoms with Gasteiger partial charge >= 0.3 is 0 Å². The van der Waals surface area contributed by atoms with Gasteiger partial charge in [-0.1, -0.05) is 19.8 Å². The average Bonchev–Trinajstić information content (AvgIpc) is 2.60. The minimum absolute atomic E-state index is 0.121. The van der Waals surface area contributed by atoms with Crippen LogP contribution in [0.5, 0.6) is 17.2 Å². The molecule has 0 saturated heterocycles. The lowest BCUT2D eigenvalue weighted by Gasteiger charge is -2.13. The molecule has 0 unspecified atom stereocenters. The van der Waals surface area contributed by atoms with Crippen LogP contribution in [0.25, 0.3) is 11.1 Å². The van der Waals surface area contributed by atoms with Crippen molar-refractivity contribution in [3.8, 4) is 28.4 Å². The van der Waals surface area contributed by atoms with E-state index >= 15 is 0 Å². The van der Waals surface area contributed by atoms with Crippen molar-refractivity contribution in [1.82, 2.24) is 0 Å². The first kappa shape index (κ1) is 19.0. The molecule has 1 N–H and O–H groups in total. The fourth-order valence-electron chi connectivity index (χ4n) is 2.42. The first-order chi connectivity index (χ1) is 12.0. The van der Waals surface area contributed by atoms with Gasteiger partial charge in [0, 0.05) is 11.1 Å². The number of hydrogen-bond acceptors (Lipinski definition) is 3. The quantitative estimate of drug-likeness (QED) is 0.641. The fraction of sp³-hybridized carbons (Fsp3) is 0.368. The molecule has 2 aromatic rings. The summed E-state index contributed by atoms with van der Waals surface area (Å²) in [5, 5.41) is 10.0. The van der Waals surface area contributed by atoms with Crippen molar-refractivity contribution in [1.29, 1.82) is 0 Å². The minimum atomic E-state index is -1.21. The molecule has 0 aromatic heterocycles. The Morgan fingerprint density at radius 1 is 0.800 bits per heavy atom. The summed E-state index contributed by atoms with van der Waals surface area (Å²) in [6.45, 7) is 4.17. The maximum Gasteiger partial charge on any atom is 0.207 e. The smallest absolute Gasteiger partial charge is 0.207 e. The van der Waals surface area contributed by atoms with Gasteiger partial charge in [-0.25, -0.2) is 4.39 Å². The Hall–Kier alpha value is -2.37. The highest BCUT2D eigenvalue weighted by Crippen LogP contribution is 2.39. The average molecular weight is 354 g/mol. The molecular weight excluding hydrogens is 333 g/mol. The largest absolute Gasteiger partial charge is 0.504 e. The molecule has 2 rings (SSSR count). The summed E-state index contributed by atoms with van der Waals surface area (Å²) < 4.78 is 52.8. The first-order valence-corrected chi connectivity index (χ1v) is 8.26. The van der Waals surface area contributed by atoms with Crippen molar-refractivity contribution in [3.05, 3.63) is 41.7 Å². The summed E-state index contributed by atoms with van der Waals surface area (Å²) in [6.07, 6.45) is 2.71. The zero-order valence-electron chi connectivity index (χ0n) is 14.2. The second-order valence-corrected chi connectivity index (χ2v) is 5.50. The molecule has 0 amide bonds. The summed E-state index contributed by atoms with van der Waals surface area (Å²) in [5.41, 5.74) is -0.409. The van der Waals surface area contributed by atoms with Crippen LogP contribution >= 0.6 is 0 Å². The predicted molar refractivity (Wildman–Crippen MR) is 89.6 cm³/mol. The summed E-state index contributed by atoms with van der Waals surface area (Å²) in [5.74, 6) is -4.53. The van der Waals surface area contributed by atoms with E-state index in [0.717, 1.165) is 19.3 Å². The van der Waals surface area contributed by atoms with E-state index in [9.17, 15) is 18.3 Å². The molecule has 0 fully saturated rings. The first-order valence-electron chi connectivity index (χ1n) is 8.26. The number of phenolic OH excluding ortho intramolecular Hbond substituents is 1. The predicted octanol–water partition coefficient (Wildman–Crippen LogP) is 5.44. The second-order valence-electron chi connectivity index (χ2n) is 5.50. The van der Waals surface area contributed by atoms with Gasteiger partial charge in [-0.2, -0.15) is 8.78 Å². The zero-order chi connectivity index (χ0) is 18.4. The number of unbranched alkanes of at least 4 members (excludes halogenated alkanes) is 2. The van der Waals surface area contributed by atoms with E-state index in [2.05, 4.69) is 0 Å². The van der Waals surface area contributed by atoms with Crippen LogP contribution in [-0.4, -0.2) is 18.3 Å². The number of phenols is 1. The Morgan fingerprint density at radius 3 is 2.08 bits per heavy atom. The molecule has 0 spiro atoms. The molecule has 25 heavy (non-hydrogen) atoms. The minimum Gasteiger partial charge on any atom is -0.504 e. The van der Waals surface area contributed by atoms with E-state index in [4.69, 9.17) is 9.47 Å². The van der Waals surface area contributed by atoms with Gasteiger partial charge in [0.1, 0.15) is 0 Å². The highest BCUT2D eigenvalue weighted by atomic mass is 19.2. The highest BCUT2D eigenvalue weighted by molar-refractivity contribution is 5.72. The van der Waals surface area contributed by atoms with Crippen LogP contribution in [0.1, 0.15) is 33.1 Å². The van der Waals surface area contributed by atoms with Crippen molar-refractivity contribution in [2.75, 3.05) is 13.2 Å². The third kappa shape index (κ3) is 4.18. The maximum atomic E-state index is 14.3. The summed E-state index contributed by atoms with van der Waals surface area (Å²) in [4.78, 5) is 0. The lowest BCUT2D eigenvalue weighted by molar-refractivity contribution is 0.286. The Morgan fingerprint density at radius 2 is 1.44 bits per heavy atom. The monoisotopic (exact) mass is 354 g/mol. The molecule has 6 heteroatoms. The van der Waals surface area contributed by atoms with E-state index in [1.807, 2.05) is 6.92 Å². The van der Waals surface area contributed by atoms with Crippen molar-refractivity contribution in [3.63, 3.8) is 0 Å². The number of ether oxygens (including phenoxy) is 2. The molecule has 0 atom stereocenters. The van der Waals surface area contributed by atoms with Gasteiger partial charge in [0.25, 0.3) is 0 Å². The highest BCUT2D eigenvalue weighted by Gasteiger charge is 2.21. The van der Waals surface area contributed by atoms with Gasteiger partial charge in [0.2, 0.25) is 11.6 Å². The van der Waals surface area contributed by atoms with Crippen LogP contribution in [0.15, 0.2) is 24.3 Å². The lowest BCUT2D eigenvalue weighted by atomic mass is 10.0. The van der Waals surface area contributed by atoms with E-state index in [1.54, 1.807) is 6.92 Å². The Balaban J connectivity index is 2.31. The van der Waals surface area contributed by atoms with Gasteiger partial charge in [-0.05, 0) is 37.6 Å². The number of benzene rings is 2. The molecule has 0 aliphatic heterocycles. The molecule has 0 heterocycles. The van der Waals surface area contributed by atoms with Gasteiger partial charge in [0.15, 0.2) is 23.1 Å².